The number of Topliss-reactive ketones (excluding diaryl/α,β-unsaturated/α-hetero) is 1. The monoisotopic (exact) mass is 1200 g/mol. The van der Waals surface area contributed by atoms with E-state index >= 15 is 0 Å². The van der Waals surface area contributed by atoms with Gasteiger partial charge in [-0.05, 0) is 55.4 Å². The largest absolute Gasteiger partial charge is 0.391 e. The van der Waals surface area contributed by atoms with Crippen LogP contribution in [0.15, 0.2) is 60.2 Å². The molecule has 452 valence electrons. The highest BCUT2D eigenvalue weighted by atomic mass is 35.5. The number of hydrogen-bond acceptors (Lipinski definition) is 19. The first kappa shape index (κ1) is 66.1. The molecule has 0 unspecified atom stereocenters. The Morgan fingerprint density at radius 2 is 1.52 bits per heavy atom. The van der Waals surface area contributed by atoms with Gasteiger partial charge in [-0.2, -0.15) is 0 Å². The molecule has 0 bridgehead atoms. The molecule has 7 rings (SSSR count). The summed E-state index contributed by atoms with van der Waals surface area (Å²) in [6, 6.07) is 14.5. The zero-order valence-electron chi connectivity index (χ0n) is 49.0. The molecule has 2 fully saturated rings. The number of aliphatic hydroxyl groups is 1. The van der Waals surface area contributed by atoms with Gasteiger partial charge in [0, 0.05) is 84.2 Å². The first-order valence-corrected chi connectivity index (χ1v) is 30.2. The summed E-state index contributed by atoms with van der Waals surface area (Å²) in [4.78, 5) is 89.8. The minimum absolute atomic E-state index is 0.0351. The highest BCUT2D eigenvalue weighted by Gasteiger charge is 2.44. The van der Waals surface area contributed by atoms with Crippen molar-refractivity contribution in [3.8, 4) is 10.4 Å². The predicted octanol–water partition coefficient (Wildman–Crippen LogP) is 8.07. The first-order chi connectivity index (χ1) is 39.8. The SMILES string of the molecule is CCCOCCC(=O)C[C@H](C(=O)N1C[C@H](O)C[C@H]1C(=O)NCc1ccc(-c2scnc2C)cc1)C(C)(C)C.COCCOCCOCCOCCC(=O)N1CCN(c2cc(Nc3ncc(C(=O)Nc4c(C)cccc4Cl)s3)nc(C)n2)CC1. The van der Waals surface area contributed by atoms with Gasteiger partial charge in [-0.1, -0.05) is 87.0 Å². The quantitative estimate of drug-likeness (QED) is 0.0330. The Kier molecular flexibility index (Phi) is 26.7. The predicted molar refractivity (Wildman–Crippen MR) is 323 cm³/mol. The number of carbonyl (C=O) groups excluding carboxylic acids is 5. The summed E-state index contributed by atoms with van der Waals surface area (Å²) in [7, 11) is 1.63. The fourth-order valence-corrected chi connectivity index (χ4v) is 11.0. The number of nitrogens with zero attached hydrogens (tertiary/aromatic N) is 7. The van der Waals surface area contributed by atoms with Gasteiger partial charge < -0.3 is 59.4 Å². The van der Waals surface area contributed by atoms with Crippen LogP contribution in [0.2, 0.25) is 5.02 Å². The fraction of sp³-hybridized carbons (Fsp3) is 0.542. The number of aromatic nitrogens is 4. The molecule has 0 aliphatic carbocycles. The maximum Gasteiger partial charge on any atom is 0.267 e. The number of ketones is 1. The molecule has 2 aliphatic rings. The number of rotatable bonds is 29. The third kappa shape index (κ3) is 20.9. The summed E-state index contributed by atoms with van der Waals surface area (Å²) in [5.74, 6) is 0.503. The van der Waals surface area contributed by atoms with Gasteiger partial charge in [0.1, 0.15) is 34.2 Å². The van der Waals surface area contributed by atoms with Crippen molar-refractivity contribution in [2.24, 2.45) is 11.3 Å². The van der Waals surface area contributed by atoms with Gasteiger partial charge in [-0.3, -0.25) is 24.0 Å². The van der Waals surface area contributed by atoms with Crippen molar-refractivity contribution in [1.82, 2.24) is 35.1 Å². The molecule has 24 heteroatoms. The Balaban J connectivity index is 0.000000271. The second-order valence-electron chi connectivity index (χ2n) is 21.2. The normalized spacial score (nSPS) is 15.6. The fourth-order valence-electron chi connectivity index (χ4n) is 9.17. The Morgan fingerprint density at radius 1 is 0.843 bits per heavy atom. The van der Waals surface area contributed by atoms with Crippen LogP contribution in [0.4, 0.5) is 22.5 Å². The number of piperazine rings is 1. The van der Waals surface area contributed by atoms with Crippen molar-refractivity contribution in [2.75, 3.05) is 115 Å². The van der Waals surface area contributed by atoms with Crippen molar-refractivity contribution < 1.29 is 52.8 Å². The number of thiazole rings is 2. The van der Waals surface area contributed by atoms with E-state index < -0.39 is 23.5 Å². The summed E-state index contributed by atoms with van der Waals surface area (Å²) in [5, 5.41) is 20.4. The number of halogens is 1. The van der Waals surface area contributed by atoms with Crippen molar-refractivity contribution in [3.05, 3.63) is 92.8 Å². The lowest BCUT2D eigenvalue weighted by molar-refractivity contribution is -0.146. The van der Waals surface area contributed by atoms with Gasteiger partial charge in [0.05, 0.1) is 98.4 Å². The van der Waals surface area contributed by atoms with Gasteiger partial charge in [-0.15, -0.1) is 11.3 Å². The van der Waals surface area contributed by atoms with Crippen molar-refractivity contribution in [3.63, 3.8) is 0 Å². The highest BCUT2D eigenvalue weighted by Crippen LogP contribution is 2.35. The summed E-state index contributed by atoms with van der Waals surface area (Å²) >= 11 is 9.06. The van der Waals surface area contributed by atoms with Crippen LogP contribution in [0, 0.1) is 32.1 Å². The molecular formula is C59H81ClN10O11S2. The molecule has 4 amide bonds. The van der Waals surface area contributed by atoms with E-state index in [9.17, 15) is 29.1 Å². The van der Waals surface area contributed by atoms with Crippen LogP contribution in [0.1, 0.15) is 92.1 Å². The van der Waals surface area contributed by atoms with Crippen LogP contribution in [0.3, 0.4) is 0 Å². The van der Waals surface area contributed by atoms with Crippen molar-refractivity contribution in [1.29, 1.82) is 0 Å². The van der Waals surface area contributed by atoms with E-state index in [1.165, 1.54) is 22.4 Å². The first-order valence-electron chi connectivity index (χ1n) is 28.1. The molecule has 3 aromatic heterocycles. The maximum absolute atomic E-state index is 13.7. The summed E-state index contributed by atoms with van der Waals surface area (Å²) in [5.41, 5.74) is 5.79. The number of aliphatic hydroxyl groups excluding tert-OH is 1. The van der Waals surface area contributed by atoms with E-state index in [1.807, 2.05) is 101 Å². The molecule has 2 aromatic carbocycles. The Morgan fingerprint density at radius 3 is 2.17 bits per heavy atom. The number of para-hydroxylation sites is 1. The molecule has 3 atom stereocenters. The van der Waals surface area contributed by atoms with Gasteiger partial charge >= 0.3 is 0 Å². The highest BCUT2D eigenvalue weighted by molar-refractivity contribution is 7.17. The van der Waals surface area contributed by atoms with Crippen LogP contribution in [0.25, 0.3) is 10.4 Å². The molecule has 4 N–H and O–H groups in total. The Hall–Kier alpha value is -6.02. The molecule has 2 aliphatic heterocycles. The molecule has 5 aromatic rings. The third-order valence-corrected chi connectivity index (χ3v) is 16.0. The summed E-state index contributed by atoms with van der Waals surface area (Å²) in [6.07, 6.45) is 2.47. The number of hydrogen-bond donors (Lipinski definition) is 4. The number of β-amino-alcohol motifs (C(OH)–C–C–N with tert-alkyl or cyclic N) is 1. The van der Waals surface area contributed by atoms with E-state index in [2.05, 4.69) is 40.8 Å². The van der Waals surface area contributed by atoms with Crippen LogP contribution >= 0.6 is 34.3 Å². The second-order valence-corrected chi connectivity index (χ2v) is 23.5. The number of benzene rings is 2. The number of ether oxygens (including phenoxy) is 5. The number of nitrogens with one attached hydrogen (secondary N) is 3. The number of aryl methyl sites for hydroxylation is 3. The van der Waals surface area contributed by atoms with Crippen molar-refractivity contribution in [2.45, 2.75) is 99.3 Å². The van der Waals surface area contributed by atoms with E-state index in [-0.39, 0.29) is 55.2 Å². The lowest BCUT2D eigenvalue weighted by atomic mass is 9.76. The lowest BCUT2D eigenvalue weighted by Gasteiger charge is -2.35. The van der Waals surface area contributed by atoms with Crippen LogP contribution in [-0.4, -0.2) is 176 Å². The van der Waals surface area contributed by atoms with Crippen LogP contribution in [0.5, 0.6) is 0 Å². The minimum Gasteiger partial charge on any atom is -0.391 e. The lowest BCUT2D eigenvalue weighted by Crippen LogP contribution is -2.50. The third-order valence-electron chi connectivity index (χ3n) is 13.8. The standard InChI is InChI=1S/C30H40ClN7O6S.C29H41N3O5S/c1-21-5-4-6-23(31)28(21)36-29(40)24-20-32-30(45-24)35-25-19-26(34-22(2)33-25)37-8-10-38(11-9-37)27(39)7-12-42-15-16-44-18-17-43-14-13-41-3;1-6-12-37-13-11-22(33)14-24(29(3,4)5)28(36)32-17-23(34)15-25(32)27(35)30-16-20-7-9-21(10-8-20)26-19(2)31-18-38-26/h4-6,19-20H,7-18H2,1-3H3,(H,36,40)(H,32,33,34,35);7-10,18,23-25,34H,6,11-17H2,1-5H3,(H,30,35)/t;23-,24-,25+/m.1/s1. The average molecular weight is 1210 g/mol. The van der Waals surface area contributed by atoms with Crippen molar-refractivity contribution >= 4 is 86.1 Å². The maximum atomic E-state index is 13.7. The smallest absolute Gasteiger partial charge is 0.267 e. The number of amides is 4. The molecule has 2 saturated heterocycles. The second kappa shape index (κ2) is 33.5. The Bertz CT molecular complexity index is 2860. The number of carbonyl (C=O) groups is 5. The molecule has 0 saturated carbocycles. The van der Waals surface area contributed by atoms with Crippen LogP contribution in [-0.2, 0) is 49.4 Å². The van der Waals surface area contributed by atoms with E-state index in [4.69, 9.17) is 35.3 Å². The Labute approximate surface area is 500 Å². The van der Waals surface area contributed by atoms with Gasteiger partial charge in [0.25, 0.3) is 5.91 Å². The van der Waals surface area contributed by atoms with E-state index in [0.717, 1.165) is 39.5 Å². The molecule has 83 heavy (non-hydrogen) atoms. The van der Waals surface area contributed by atoms with Gasteiger partial charge in [0.2, 0.25) is 17.7 Å². The zero-order chi connectivity index (χ0) is 59.9. The summed E-state index contributed by atoms with van der Waals surface area (Å²) < 4.78 is 26.7. The van der Waals surface area contributed by atoms with Gasteiger partial charge in [-0.25, -0.2) is 19.9 Å². The summed E-state index contributed by atoms with van der Waals surface area (Å²) in [6.45, 7) is 20.6. The molecular weight excluding hydrogens is 1120 g/mol. The average Bonchev–Trinajstić information content (AvgIpc) is 4.37. The number of anilines is 4. The topological polar surface area (TPSA) is 249 Å². The zero-order valence-corrected chi connectivity index (χ0v) is 51.4. The molecule has 5 heterocycles. The number of methoxy groups -OCH3 is 1. The molecule has 0 spiro atoms. The minimum atomic E-state index is -0.782. The number of likely N-dealkylation sites (tertiary alicyclic amines) is 1. The molecule has 21 nitrogen and oxygen atoms in total. The van der Waals surface area contributed by atoms with E-state index in [1.54, 1.807) is 24.5 Å². The van der Waals surface area contributed by atoms with E-state index in [0.29, 0.717) is 131 Å². The van der Waals surface area contributed by atoms with Gasteiger partial charge in [0.15, 0.2) is 5.13 Å². The molecule has 0 radical (unpaired) electrons. The van der Waals surface area contributed by atoms with Crippen LogP contribution < -0.4 is 20.9 Å².